The third-order valence-electron chi connectivity index (χ3n) is 3.76. The largest absolute Gasteiger partial charge is 0.497 e. The highest BCUT2D eigenvalue weighted by Crippen LogP contribution is 2.20. The van der Waals surface area contributed by atoms with Gasteiger partial charge in [-0.15, -0.1) is 0 Å². The fraction of sp³-hybridized carbons (Fsp3) is 0.368. The molecule has 2 heteroatoms. The summed E-state index contributed by atoms with van der Waals surface area (Å²) in [6.45, 7) is 3.12. The Morgan fingerprint density at radius 1 is 1.00 bits per heavy atom. The van der Waals surface area contributed by atoms with Gasteiger partial charge in [0.15, 0.2) is 0 Å². The van der Waals surface area contributed by atoms with Crippen LogP contribution in [0.2, 0.25) is 0 Å². The van der Waals surface area contributed by atoms with E-state index in [0.29, 0.717) is 6.04 Å². The predicted molar refractivity (Wildman–Crippen MR) is 88.5 cm³/mol. The summed E-state index contributed by atoms with van der Waals surface area (Å²) in [6, 6.07) is 19.4. The van der Waals surface area contributed by atoms with E-state index in [-0.39, 0.29) is 0 Å². The van der Waals surface area contributed by atoms with E-state index in [2.05, 4.69) is 54.7 Å². The summed E-state index contributed by atoms with van der Waals surface area (Å²) < 4.78 is 5.20. The van der Waals surface area contributed by atoms with Crippen LogP contribution in [0.5, 0.6) is 5.75 Å². The van der Waals surface area contributed by atoms with E-state index in [1.807, 2.05) is 12.1 Å². The molecular weight excluding hydrogens is 258 g/mol. The molecule has 0 heterocycles. The monoisotopic (exact) mass is 283 g/mol. The van der Waals surface area contributed by atoms with Crippen LogP contribution < -0.4 is 10.1 Å². The van der Waals surface area contributed by atoms with E-state index in [4.69, 9.17) is 4.74 Å². The first-order chi connectivity index (χ1) is 10.3. The van der Waals surface area contributed by atoms with Crippen molar-refractivity contribution in [1.29, 1.82) is 0 Å². The minimum Gasteiger partial charge on any atom is -0.497 e. The van der Waals surface area contributed by atoms with E-state index in [1.165, 1.54) is 30.4 Å². The van der Waals surface area contributed by atoms with Crippen molar-refractivity contribution in [2.45, 2.75) is 38.8 Å². The standard InChI is InChI=1S/C19H25NO/c1-3-4-10-19(17-8-6-5-7-9-17)20-15-16-11-13-18(21-2)14-12-16/h5-9,11-14,19-20H,3-4,10,15H2,1-2H3. The molecule has 0 aliphatic heterocycles. The maximum absolute atomic E-state index is 5.20. The molecule has 1 atom stereocenters. The summed E-state index contributed by atoms with van der Waals surface area (Å²) >= 11 is 0. The van der Waals surface area contributed by atoms with E-state index in [1.54, 1.807) is 7.11 Å². The fourth-order valence-electron chi connectivity index (χ4n) is 2.46. The maximum atomic E-state index is 5.20. The number of benzene rings is 2. The molecule has 2 rings (SSSR count). The Bertz CT molecular complexity index is 507. The zero-order valence-corrected chi connectivity index (χ0v) is 13.0. The molecule has 112 valence electrons. The zero-order valence-electron chi connectivity index (χ0n) is 13.0. The molecule has 2 aromatic rings. The lowest BCUT2D eigenvalue weighted by atomic mass is 10.0. The van der Waals surface area contributed by atoms with Gasteiger partial charge in [0.1, 0.15) is 5.75 Å². The lowest BCUT2D eigenvalue weighted by Crippen LogP contribution is -2.20. The van der Waals surface area contributed by atoms with Crippen LogP contribution in [0, 0.1) is 0 Å². The van der Waals surface area contributed by atoms with Crippen molar-refractivity contribution in [2.24, 2.45) is 0 Å². The first kappa shape index (κ1) is 15.6. The van der Waals surface area contributed by atoms with Gasteiger partial charge in [-0.05, 0) is 29.7 Å². The topological polar surface area (TPSA) is 21.3 Å². The molecule has 0 aromatic heterocycles. The first-order valence-electron chi connectivity index (χ1n) is 7.74. The molecular formula is C19H25NO. The number of hydrogen-bond acceptors (Lipinski definition) is 2. The Morgan fingerprint density at radius 2 is 1.71 bits per heavy atom. The molecule has 0 saturated heterocycles. The van der Waals surface area contributed by atoms with Crippen molar-refractivity contribution in [2.75, 3.05) is 7.11 Å². The van der Waals surface area contributed by atoms with Gasteiger partial charge in [0.2, 0.25) is 0 Å². The first-order valence-corrected chi connectivity index (χ1v) is 7.74. The average molecular weight is 283 g/mol. The van der Waals surface area contributed by atoms with Crippen molar-refractivity contribution >= 4 is 0 Å². The van der Waals surface area contributed by atoms with Crippen LogP contribution >= 0.6 is 0 Å². The number of unbranched alkanes of at least 4 members (excludes halogenated alkanes) is 1. The molecule has 21 heavy (non-hydrogen) atoms. The molecule has 2 aromatic carbocycles. The Morgan fingerprint density at radius 3 is 2.33 bits per heavy atom. The Hall–Kier alpha value is -1.80. The highest BCUT2D eigenvalue weighted by atomic mass is 16.5. The molecule has 0 saturated carbocycles. The van der Waals surface area contributed by atoms with E-state index in [0.717, 1.165) is 12.3 Å². The number of methoxy groups -OCH3 is 1. The highest BCUT2D eigenvalue weighted by molar-refractivity contribution is 5.27. The second-order valence-electron chi connectivity index (χ2n) is 5.33. The van der Waals surface area contributed by atoms with Gasteiger partial charge in [-0.1, -0.05) is 62.2 Å². The molecule has 0 aliphatic carbocycles. The van der Waals surface area contributed by atoms with Crippen LogP contribution in [0.4, 0.5) is 0 Å². The minimum atomic E-state index is 0.424. The Labute approximate surface area is 128 Å². The van der Waals surface area contributed by atoms with Gasteiger partial charge in [0, 0.05) is 12.6 Å². The van der Waals surface area contributed by atoms with Crippen LogP contribution in [0.15, 0.2) is 54.6 Å². The molecule has 0 amide bonds. The SMILES string of the molecule is CCCCC(NCc1ccc(OC)cc1)c1ccccc1. The molecule has 2 nitrogen and oxygen atoms in total. The third kappa shape index (κ3) is 4.91. The van der Waals surface area contributed by atoms with Crippen molar-refractivity contribution < 1.29 is 4.74 Å². The zero-order chi connectivity index (χ0) is 14.9. The van der Waals surface area contributed by atoms with Crippen LogP contribution in [0.1, 0.15) is 43.4 Å². The molecule has 0 spiro atoms. The van der Waals surface area contributed by atoms with Gasteiger partial charge in [-0.3, -0.25) is 0 Å². The minimum absolute atomic E-state index is 0.424. The van der Waals surface area contributed by atoms with Gasteiger partial charge in [-0.2, -0.15) is 0 Å². The van der Waals surface area contributed by atoms with Crippen LogP contribution in [0.3, 0.4) is 0 Å². The number of hydrogen-bond donors (Lipinski definition) is 1. The Balaban J connectivity index is 1.97. The molecule has 0 fully saturated rings. The second kappa shape index (κ2) is 8.48. The van der Waals surface area contributed by atoms with E-state index in [9.17, 15) is 0 Å². The maximum Gasteiger partial charge on any atom is 0.118 e. The molecule has 0 aliphatic rings. The van der Waals surface area contributed by atoms with Crippen LogP contribution in [-0.4, -0.2) is 7.11 Å². The second-order valence-corrected chi connectivity index (χ2v) is 5.33. The number of ether oxygens (including phenoxy) is 1. The lowest BCUT2D eigenvalue weighted by molar-refractivity contribution is 0.414. The molecule has 0 bridgehead atoms. The third-order valence-corrected chi connectivity index (χ3v) is 3.76. The summed E-state index contributed by atoms with van der Waals surface area (Å²) in [5, 5.41) is 3.68. The van der Waals surface area contributed by atoms with Crippen molar-refractivity contribution in [3.8, 4) is 5.75 Å². The molecule has 1 unspecified atom stereocenters. The smallest absolute Gasteiger partial charge is 0.118 e. The van der Waals surface area contributed by atoms with Gasteiger partial charge in [0.05, 0.1) is 7.11 Å². The Kier molecular flexibility index (Phi) is 6.29. The summed E-state index contributed by atoms with van der Waals surface area (Å²) in [6.07, 6.45) is 3.65. The van der Waals surface area contributed by atoms with E-state index >= 15 is 0 Å². The lowest BCUT2D eigenvalue weighted by Gasteiger charge is -2.19. The van der Waals surface area contributed by atoms with Crippen molar-refractivity contribution in [1.82, 2.24) is 5.32 Å². The fourth-order valence-corrected chi connectivity index (χ4v) is 2.46. The van der Waals surface area contributed by atoms with Gasteiger partial charge < -0.3 is 10.1 Å². The number of rotatable bonds is 8. The number of nitrogens with one attached hydrogen (secondary N) is 1. The quantitative estimate of drug-likeness (QED) is 0.757. The van der Waals surface area contributed by atoms with Crippen LogP contribution in [-0.2, 0) is 6.54 Å². The summed E-state index contributed by atoms with van der Waals surface area (Å²) in [5.41, 5.74) is 2.66. The van der Waals surface area contributed by atoms with Gasteiger partial charge >= 0.3 is 0 Å². The van der Waals surface area contributed by atoms with E-state index < -0.39 is 0 Å². The predicted octanol–water partition coefficient (Wildman–Crippen LogP) is 4.72. The highest BCUT2D eigenvalue weighted by Gasteiger charge is 2.09. The van der Waals surface area contributed by atoms with Gasteiger partial charge in [0.25, 0.3) is 0 Å². The normalized spacial score (nSPS) is 12.1. The molecule has 1 N–H and O–H groups in total. The average Bonchev–Trinajstić information content (AvgIpc) is 2.56. The van der Waals surface area contributed by atoms with Gasteiger partial charge in [-0.25, -0.2) is 0 Å². The van der Waals surface area contributed by atoms with Crippen molar-refractivity contribution in [3.63, 3.8) is 0 Å². The summed E-state index contributed by atoms with van der Waals surface area (Å²) in [5.74, 6) is 0.907. The van der Waals surface area contributed by atoms with Crippen molar-refractivity contribution in [3.05, 3.63) is 65.7 Å². The van der Waals surface area contributed by atoms with Crippen LogP contribution in [0.25, 0.3) is 0 Å². The molecule has 0 radical (unpaired) electrons. The summed E-state index contributed by atoms with van der Waals surface area (Å²) in [4.78, 5) is 0. The summed E-state index contributed by atoms with van der Waals surface area (Å²) in [7, 11) is 1.70.